The average Bonchev–Trinajstić information content (AvgIpc) is 2.93. The molecule has 1 aliphatic rings. The Bertz CT molecular complexity index is 1720. The Morgan fingerprint density at radius 2 is 1.88 bits per heavy atom. The van der Waals surface area contributed by atoms with Crippen molar-refractivity contribution in [1.29, 1.82) is 0 Å². The molecule has 1 aromatic carbocycles. The number of hydrogen-bond acceptors (Lipinski definition) is 6. The molecule has 0 aliphatic carbocycles. The number of hydrogen-bond donors (Lipinski definition) is 0. The molecule has 0 spiro atoms. The second kappa shape index (κ2) is 8.92. The van der Waals surface area contributed by atoms with E-state index in [4.69, 9.17) is 28.7 Å². The molecule has 2 unspecified atom stereocenters. The zero-order valence-electron chi connectivity index (χ0n) is 26.4. The fourth-order valence-corrected chi connectivity index (χ4v) is 4.10. The van der Waals surface area contributed by atoms with Crippen LogP contribution >= 0.6 is 11.6 Å². The maximum absolute atomic E-state index is 15.2. The van der Waals surface area contributed by atoms with Crippen LogP contribution in [-0.4, -0.2) is 31.5 Å². The van der Waals surface area contributed by atoms with Gasteiger partial charge in [0.05, 0.1) is 22.5 Å². The number of rotatable bonds is 3. The summed E-state index contributed by atoms with van der Waals surface area (Å²) in [5, 5.41) is -0.500. The van der Waals surface area contributed by atoms with E-state index in [1.165, 1.54) is 12.3 Å². The summed E-state index contributed by atoms with van der Waals surface area (Å²) in [6.45, 7) is -8.24. The number of ether oxygens (including phenoxy) is 1. The third-order valence-electron chi connectivity index (χ3n) is 5.64. The van der Waals surface area contributed by atoms with E-state index < -0.39 is 66.2 Å². The highest BCUT2D eigenvalue weighted by Gasteiger charge is 2.29. The van der Waals surface area contributed by atoms with E-state index in [9.17, 15) is 4.39 Å². The van der Waals surface area contributed by atoms with E-state index in [2.05, 4.69) is 24.9 Å². The topological polar surface area (TPSA) is 73.7 Å². The van der Waals surface area contributed by atoms with Crippen LogP contribution in [0.4, 0.5) is 8.78 Å². The van der Waals surface area contributed by atoms with Gasteiger partial charge >= 0.3 is 0 Å². The maximum Gasteiger partial charge on any atom is 0.182 e. The van der Waals surface area contributed by atoms with Crippen molar-refractivity contribution in [2.24, 2.45) is 0 Å². The van der Waals surface area contributed by atoms with Gasteiger partial charge in [-0.3, -0.25) is 4.98 Å². The summed E-state index contributed by atoms with van der Waals surface area (Å²) in [6.07, 6.45) is 1.36. The van der Waals surface area contributed by atoms with Crippen molar-refractivity contribution in [3.8, 4) is 11.3 Å². The van der Waals surface area contributed by atoms with Crippen molar-refractivity contribution in [2.75, 3.05) is 6.61 Å². The third kappa shape index (κ3) is 4.12. The number of pyridine rings is 1. The zero-order valence-corrected chi connectivity index (χ0v) is 18.2. The van der Waals surface area contributed by atoms with Gasteiger partial charge in [-0.1, -0.05) is 11.6 Å². The summed E-state index contributed by atoms with van der Waals surface area (Å²) in [5.74, 6) is -3.17. The summed E-state index contributed by atoms with van der Waals surface area (Å²) in [4.78, 5) is 20.9. The maximum atomic E-state index is 15.2. The van der Waals surface area contributed by atoms with Gasteiger partial charge in [-0.25, -0.2) is 28.7 Å². The first-order valence-corrected chi connectivity index (χ1v) is 10.7. The highest BCUT2D eigenvalue weighted by atomic mass is 35.5. The fourth-order valence-electron chi connectivity index (χ4n) is 3.95. The van der Waals surface area contributed by atoms with E-state index in [1.807, 2.05) is 0 Å². The number of aryl methyl sites for hydroxylation is 3. The van der Waals surface area contributed by atoms with E-state index in [0.717, 1.165) is 12.1 Å². The van der Waals surface area contributed by atoms with Gasteiger partial charge in [-0.2, -0.15) is 0 Å². The Morgan fingerprint density at radius 3 is 2.71 bits per heavy atom. The van der Waals surface area contributed by atoms with Crippen molar-refractivity contribution in [3.63, 3.8) is 0 Å². The lowest BCUT2D eigenvalue weighted by Gasteiger charge is -2.29. The van der Waals surface area contributed by atoms with Crippen LogP contribution in [-0.2, 0) is 4.74 Å². The van der Waals surface area contributed by atoms with Crippen LogP contribution < -0.4 is 0 Å². The van der Waals surface area contributed by atoms with Gasteiger partial charge in [0.2, 0.25) is 0 Å². The normalized spacial score (nSPS) is 23.4. The Kier molecular flexibility index (Phi) is 3.76. The van der Waals surface area contributed by atoms with Gasteiger partial charge in [0, 0.05) is 42.3 Å². The Balaban J connectivity index is 1.70. The van der Waals surface area contributed by atoms with E-state index in [0.29, 0.717) is 12.0 Å². The first kappa shape index (κ1) is 14.3. The van der Waals surface area contributed by atoms with Gasteiger partial charge in [-0.15, -0.1) is 0 Å². The SMILES string of the molecule is [2H]C([2H])([2H])c1cc(C2CC(c3nc(-c4ccc(Cl)c(F)c4F)c4nc(C([2H])([2H])[2H])c(C([2H])([2H])[2H])nc4n3)CCO2)ccn1. The van der Waals surface area contributed by atoms with Crippen LogP contribution in [0.2, 0.25) is 5.02 Å². The third-order valence-corrected chi connectivity index (χ3v) is 5.94. The van der Waals surface area contributed by atoms with Crippen LogP contribution in [0.1, 0.15) is 65.7 Å². The molecule has 34 heavy (non-hydrogen) atoms. The Hall–Kier alpha value is -3.10. The minimum atomic E-state index is -3.02. The first-order valence-electron chi connectivity index (χ1n) is 14.8. The summed E-state index contributed by atoms with van der Waals surface area (Å²) in [5.41, 5.74) is -2.61. The molecule has 9 heteroatoms. The van der Waals surface area contributed by atoms with Gasteiger partial charge in [-0.05, 0) is 63.2 Å². The molecule has 5 rings (SSSR count). The van der Waals surface area contributed by atoms with E-state index in [-0.39, 0.29) is 41.4 Å². The summed E-state index contributed by atoms with van der Waals surface area (Å²) >= 11 is 5.75. The van der Waals surface area contributed by atoms with Crippen LogP contribution in [0.15, 0.2) is 30.5 Å². The molecule has 0 bridgehead atoms. The number of fused-ring (bicyclic) bond motifs is 1. The largest absolute Gasteiger partial charge is 0.373 e. The number of benzene rings is 1. The average molecular weight is 491 g/mol. The molecule has 0 radical (unpaired) electrons. The molecule has 0 saturated carbocycles. The predicted molar refractivity (Wildman–Crippen MR) is 125 cm³/mol. The number of aromatic nitrogens is 5. The van der Waals surface area contributed by atoms with Gasteiger partial charge in [0.1, 0.15) is 17.0 Å². The molecule has 0 amide bonds. The lowest BCUT2D eigenvalue weighted by atomic mass is 9.91. The standard InChI is InChI=1S/C25H22ClF2N5O/c1-12-10-15(6-8-29-12)19-11-16(7-9-34-19)24-32-22(17-4-5-18(26)21(28)20(17)27)23-25(33-24)31-14(3)13(2)30-23/h4-6,8,10,16,19H,7,9,11H2,1-3H3/i1D3,2D3,3D3. The second-order valence-electron chi connectivity index (χ2n) is 7.80. The second-order valence-corrected chi connectivity index (χ2v) is 8.21. The van der Waals surface area contributed by atoms with Crippen molar-refractivity contribution >= 4 is 22.8 Å². The molecule has 4 aromatic rings. The van der Waals surface area contributed by atoms with Crippen LogP contribution in [0.5, 0.6) is 0 Å². The first-order chi connectivity index (χ1) is 19.9. The van der Waals surface area contributed by atoms with Gasteiger partial charge < -0.3 is 4.74 Å². The van der Waals surface area contributed by atoms with Crippen LogP contribution in [0.3, 0.4) is 0 Å². The fraction of sp³-hybridized carbons (Fsp3) is 0.320. The van der Waals surface area contributed by atoms with Crippen molar-refractivity contribution in [1.82, 2.24) is 24.9 Å². The number of halogens is 3. The lowest BCUT2D eigenvalue weighted by molar-refractivity contribution is 0.00393. The van der Waals surface area contributed by atoms with Crippen molar-refractivity contribution in [2.45, 2.75) is 45.4 Å². The van der Waals surface area contributed by atoms with E-state index >= 15 is 4.39 Å². The molecule has 2 atom stereocenters. The summed E-state index contributed by atoms with van der Waals surface area (Å²) in [6, 6.07) is 5.27. The van der Waals surface area contributed by atoms with Gasteiger partial charge in [0.15, 0.2) is 17.3 Å². The highest BCUT2D eigenvalue weighted by molar-refractivity contribution is 6.30. The minimum absolute atomic E-state index is 0.0723. The number of nitrogens with zero attached hydrogens (tertiary/aromatic N) is 5. The van der Waals surface area contributed by atoms with Crippen molar-refractivity contribution in [3.05, 3.63) is 75.6 Å². The predicted octanol–water partition coefficient (Wildman–Crippen LogP) is 5.97. The molecular weight excluding hydrogens is 460 g/mol. The molecule has 1 saturated heterocycles. The Labute approximate surface area is 213 Å². The summed E-state index contributed by atoms with van der Waals surface area (Å²) in [7, 11) is 0. The van der Waals surface area contributed by atoms with E-state index in [1.54, 1.807) is 6.07 Å². The molecule has 174 valence electrons. The molecule has 1 fully saturated rings. The molecular formula is C25H22ClF2N5O. The Morgan fingerprint density at radius 1 is 1.03 bits per heavy atom. The van der Waals surface area contributed by atoms with Crippen molar-refractivity contribution < 1.29 is 25.9 Å². The smallest absolute Gasteiger partial charge is 0.182 e. The minimum Gasteiger partial charge on any atom is -0.373 e. The van der Waals surface area contributed by atoms with Gasteiger partial charge in [0.25, 0.3) is 0 Å². The lowest BCUT2D eigenvalue weighted by Crippen LogP contribution is -2.21. The van der Waals surface area contributed by atoms with Crippen LogP contribution in [0.25, 0.3) is 22.4 Å². The molecule has 6 nitrogen and oxygen atoms in total. The zero-order chi connectivity index (χ0) is 31.5. The quantitative estimate of drug-likeness (QED) is 0.329. The highest BCUT2D eigenvalue weighted by Crippen LogP contribution is 2.38. The molecule has 0 N–H and O–H groups in total. The summed E-state index contributed by atoms with van der Waals surface area (Å²) < 4.78 is 106. The molecule has 1 aliphatic heterocycles. The molecule has 3 aromatic heterocycles. The molecule has 4 heterocycles. The van der Waals surface area contributed by atoms with Crippen LogP contribution in [0, 0.1) is 32.2 Å². The monoisotopic (exact) mass is 490 g/mol.